The third-order valence-corrected chi connectivity index (χ3v) is 2.96. The van der Waals surface area contributed by atoms with Gasteiger partial charge in [0.25, 0.3) is 0 Å². The lowest BCUT2D eigenvalue weighted by Gasteiger charge is -2.24. The van der Waals surface area contributed by atoms with Crippen LogP contribution >= 0.6 is 11.6 Å². The topological polar surface area (TPSA) is 0 Å². The Kier molecular flexibility index (Phi) is 5.24. The van der Waals surface area contributed by atoms with E-state index in [0.717, 1.165) is 5.92 Å². The van der Waals surface area contributed by atoms with Crippen LogP contribution in [-0.4, -0.2) is 4.87 Å². The van der Waals surface area contributed by atoms with Crippen molar-refractivity contribution in [1.29, 1.82) is 0 Å². The van der Waals surface area contributed by atoms with Gasteiger partial charge in [0, 0.05) is 4.87 Å². The predicted octanol–water partition coefficient (Wildman–Crippen LogP) is 4.47. The van der Waals surface area contributed by atoms with Gasteiger partial charge in [0.05, 0.1) is 0 Å². The molecule has 0 saturated heterocycles. The van der Waals surface area contributed by atoms with Crippen LogP contribution < -0.4 is 0 Å². The third kappa shape index (κ3) is 5.88. The summed E-state index contributed by atoms with van der Waals surface area (Å²) in [6.07, 6.45) is 3.90. The summed E-state index contributed by atoms with van der Waals surface area (Å²) >= 11 is 6.20. The minimum Gasteiger partial charge on any atom is -0.120 e. The number of alkyl halides is 1. The molecule has 0 nitrogen and oxygen atoms in total. The second kappa shape index (κ2) is 5.11. The molecule has 12 heavy (non-hydrogen) atoms. The zero-order chi connectivity index (χ0) is 9.78. The average molecular weight is 191 g/mol. The summed E-state index contributed by atoms with van der Waals surface area (Å²) in [4.78, 5) is -0.0308. The Morgan fingerprint density at radius 2 is 1.58 bits per heavy atom. The zero-order valence-corrected chi connectivity index (χ0v) is 9.91. The quantitative estimate of drug-likeness (QED) is 0.562. The molecule has 1 atom stereocenters. The smallest absolute Gasteiger partial charge is 0.0416 e. The fourth-order valence-electron chi connectivity index (χ4n) is 1.18. The predicted molar refractivity (Wildman–Crippen MR) is 57.8 cm³/mol. The Morgan fingerprint density at radius 1 is 1.08 bits per heavy atom. The molecule has 0 aliphatic carbocycles. The van der Waals surface area contributed by atoms with Crippen molar-refractivity contribution in [3.63, 3.8) is 0 Å². The third-order valence-electron chi connectivity index (χ3n) is 2.59. The molecule has 0 aliphatic rings. The van der Waals surface area contributed by atoms with Crippen LogP contribution in [0.4, 0.5) is 0 Å². The zero-order valence-electron chi connectivity index (χ0n) is 9.15. The summed E-state index contributed by atoms with van der Waals surface area (Å²) in [5, 5.41) is 0. The van der Waals surface area contributed by atoms with Crippen LogP contribution in [0.3, 0.4) is 0 Å². The van der Waals surface area contributed by atoms with Crippen LogP contribution in [0.5, 0.6) is 0 Å². The van der Waals surface area contributed by atoms with Crippen LogP contribution in [0.15, 0.2) is 0 Å². The highest BCUT2D eigenvalue weighted by Crippen LogP contribution is 2.28. The van der Waals surface area contributed by atoms with E-state index >= 15 is 0 Å². The summed E-state index contributed by atoms with van der Waals surface area (Å²) in [6, 6.07) is 0. The van der Waals surface area contributed by atoms with Gasteiger partial charge >= 0.3 is 0 Å². The first-order chi connectivity index (χ1) is 5.34. The second-order valence-corrected chi connectivity index (χ2v) is 5.76. The Labute approximate surface area is 82.7 Å². The van der Waals surface area contributed by atoms with Gasteiger partial charge in [-0.05, 0) is 32.1 Å². The molecule has 0 aromatic heterocycles. The van der Waals surface area contributed by atoms with E-state index in [1.165, 1.54) is 19.3 Å². The lowest BCUT2D eigenvalue weighted by atomic mass is 9.90. The van der Waals surface area contributed by atoms with E-state index in [0.29, 0.717) is 5.92 Å². The van der Waals surface area contributed by atoms with Crippen LogP contribution in [0.1, 0.15) is 53.9 Å². The Balaban J connectivity index is 3.51. The molecule has 74 valence electrons. The first kappa shape index (κ1) is 12.3. The molecule has 0 radical (unpaired) electrons. The number of hydrogen-bond acceptors (Lipinski definition) is 0. The number of rotatable bonds is 5. The van der Waals surface area contributed by atoms with Crippen molar-refractivity contribution in [2.24, 2.45) is 11.8 Å². The lowest BCUT2D eigenvalue weighted by molar-refractivity contribution is 0.389. The molecule has 0 rings (SSSR count). The molecule has 0 amide bonds. The van der Waals surface area contributed by atoms with Crippen LogP contribution in [0.25, 0.3) is 0 Å². The van der Waals surface area contributed by atoms with Crippen LogP contribution in [0.2, 0.25) is 0 Å². The second-order valence-electron chi connectivity index (χ2n) is 4.79. The number of hydrogen-bond donors (Lipinski definition) is 0. The molecule has 0 heterocycles. The van der Waals surface area contributed by atoms with Gasteiger partial charge < -0.3 is 0 Å². The SMILES string of the molecule is CC(C)CCCC(C)C(C)(C)Cl. The van der Waals surface area contributed by atoms with Gasteiger partial charge in [-0.1, -0.05) is 33.6 Å². The van der Waals surface area contributed by atoms with E-state index in [2.05, 4.69) is 34.6 Å². The Morgan fingerprint density at radius 3 is 1.92 bits per heavy atom. The summed E-state index contributed by atoms with van der Waals surface area (Å²) in [5.41, 5.74) is 0. The first-order valence-electron chi connectivity index (χ1n) is 5.03. The fraction of sp³-hybridized carbons (Fsp3) is 1.00. The highest BCUT2D eigenvalue weighted by atomic mass is 35.5. The highest BCUT2D eigenvalue weighted by molar-refractivity contribution is 6.23. The van der Waals surface area contributed by atoms with E-state index in [1.807, 2.05) is 0 Å². The van der Waals surface area contributed by atoms with Crippen molar-refractivity contribution in [2.75, 3.05) is 0 Å². The van der Waals surface area contributed by atoms with E-state index in [9.17, 15) is 0 Å². The molecule has 1 unspecified atom stereocenters. The van der Waals surface area contributed by atoms with Gasteiger partial charge in [-0.25, -0.2) is 0 Å². The molecule has 0 aromatic rings. The largest absolute Gasteiger partial charge is 0.120 e. The Bertz CT molecular complexity index is 111. The van der Waals surface area contributed by atoms with Gasteiger partial charge in [-0.3, -0.25) is 0 Å². The first-order valence-corrected chi connectivity index (χ1v) is 5.40. The van der Waals surface area contributed by atoms with E-state index in [-0.39, 0.29) is 4.87 Å². The van der Waals surface area contributed by atoms with Gasteiger partial charge in [-0.2, -0.15) is 0 Å². The summed E-state index contributed by atoms with van der Waals surface area (Å²) in [7, 11) is 0. The standard InChI is InChI=1S/C11H23Cl/c1-9(2)7-6-8-10(3)11(4,5)12/h9-10H,6-8H2,1-5H3. The average Bonchev–Trinajstić information content (AvgIpc) is 1.84. The van der Waals surface area contributed by atoms with E-state index in [4.69, 9.17) is 11.6 Å². The maximum Gasteiger partial charge on any atom is 0.0416 e. The molecule has 0 saturated carbocycles. The molecular weight excluding hydrogens is 168 g/mol. The number of halogens is 1. The van der Waals surface area contributed by atoms with E-state index in [1.54, 1.807) is 0 Å². The highest BCUT2D eigenvalue weighted by Gasteiger charge is 2.21. The summed E-state index contributed by atoms with van der Waals surface area (Å²) in [6.45, 7) is 11.0. The molecule has 0 aromatic carbocycles. The van der Waals surface area contributed by atoms with Crippen molar-refractivity contribution >= 4 is 11.6 Å². The van der Waals surface area contributed by atoms with Crippen molar-refractivity contribution < 1.29 is 0 Å². The maximum atomic E-state index is 6.20. The van der Waals surface area contributed by atoms with Crippen LogP contribution in [0, 0.1) is 11.8 Å². The maximum absolute atomic E-state index is 6.20. The van der Waals surface area contributed by atoms with E-state index < -0.39 is 0 Å². The van der Waals surface area contributed by atoms with Gasteiger partial charge in [0.15, 0.2) is 0 Å². The Hall–Kier alpha value is 0.290. The molecule has 0 fully saturated rings. The van der Waals surface area contributed by atoms with Crippen molar-refractivity contribution in [3.05, 3.63) is 0 Å². The molecule has 0 bridgehead atoms. The summed E-state index contributed by atoms with van der Waals surface area (Å²) < 4.78 is 0. The van der Waals surface area contributed by atoms with Gasteiger partial charge in [-0.15, -0.1) is 11.6 Å². The molecule has 0 aliphatic heterocycles. The van der Waals surface area contributed by atoms with Gasteiger partial charge in [0.1, 0.15) is 0 Å². The lowest BCUT2D eigenvalue weighted by Crippen LogP contribution is -2.21. The molecule has 1 heteroatoms. The van der Waals surface area contributed by atoms with Gasteiger partial charge in [0.2, 0.25) is 0 Å². The van der Waals surface area contributed by atoms with Crippen molar-refractivity contribution in [1.82, 2.24) is 0 Å². The minimum atomic E-state index is -0.0308. The minimum absolute atomic E-state index is 0.0308. The molecule has 0 N–H and O–H groups in total. The normalized spacial score (nSPS) is 15.2. The molecular formula is C11H23Cl. The summed E-state index contributed by atoms with van der Waals surface area (Å²) in [5.74, 6) is 1.45. The fourth-order valence-corrected chi connectivity index (χ4v) is 1.28. The molecule has 0 spiro atoms. The monoisotopic (exact) mass is 190 g/mol. The van der Waals surface area contributed by atoms with Crippen LogP contribution in [-0.2, 0) is 0 Å². The van der Waals surface area contributed by atoms with Crippen molar-refractivity contribution in [2.45, 2.75) is 58.8 Å². The van der Waals surface area contributed by atoms with Crippen molar-refractivity contribution in [3.8, 4) is 0 Å².